The van der Waals surface area contributed by atoms with Crippen molar-refractivity contribution >= 4 is 15.9 Å². The van der Waals surface area contributed by atoms with Gasteiger partial charge in [0.25, 0.3) is 0 Å². The lowest BCUT2D eigenvalue weighted by atomic mass is 9.99. The highest BCUT2D eigenvalue weighted by Crippen LogP contribution is 2.17. The molecule has 0 amide bonds. The van der Waals surface area contributed by atoms with Gasteiger partial charge in [-0.2, -0.15) is 0 Å². The third-order valence-electron chi connectivity index (χ3n) is 3.40. The van der Waals surface area contributed by atoms with E-state index in [-0.39, 0.29) is 0 Å². The molecule has 1 N–H and O–H groups in total. The second-order valence-electron chi connectivity index (χ2n) is 4.88. The molecule has 0 heterocycles. The van der Waals surface area contributed by atoms with Crippen molar-refractivity contribution in [2.24, 2.45) is 0 Å². The van der Waals surface area contributed by atoms with Crippen molar-refractivity contribution in [3.63, 3.8) is 0 Å². The van der Waals surface area contributed by atoms with Gasteiger partial charge in [-0.1, -0.05) is 40.2 Å². The molecule has 0 radical (unpaired) electrons. The van der Waals surface area contributed by atoms with Gasteiger partial charge in [0.05, 0.1) is 7.11 Å². The number of methoxy groups -OCH3 is 1. The zero-order chi connectivity index (χ0) is 14.4. The molecule has 20 heavy (non-hydrogen) atoms. The Balaban J connectivity index is 2.05. The first-order chi connectivity index (χ1) is 9.71. The lowest BCUT2D eigenvalue weighted by molar-refractivity contribution is 0.414. The Morgan fingerprint density at radius 3 is 2.30 bits per heavy atom. The zero-order valence-corrected chi connectivity index (χ0v) is 13.5. The molecule has 3 heteroatoms. The van der Waals surface area contributed by atoms with Gasteiger partial charge in [-0.15, -0.1) is 0 Å². The average molecular weight is 334 g/mol. The molecule has 106 valence electrons. The second-order valence-corrected chi connectivity index (χ2v) is 5.79. The summed E-state index contributed by atoms with van der Waals surface area (Å²) in [7, 11) is 3.72. The van der Waals surface area contributed by atoms with Crippen LogP contribution in [0.5, 0.6) is 5.75 Å². The first kappa shape index (κ1) is 15.1. The first-order valence-corrected chi connectivity index (χ1v) is 7.55. The Morgan fingerprint density at radius 1 is 1.05 bits per heavy atom. The molecule has 2 rings (SSSR count). The molecule has 0 aliphatic rings. The van der Waals surface area contributed by atoms with Crippen molar-refractivity contribution in [3.8, 4) is 5.75 Å². The van der Waals surface area contributed by atoms with E-state index in [0.717, 1.165) is 23.1 Å². The molecule has 2 aromatic carbocycles. The van der Waals surface area contributed by atoms with Gasteiger partial charge in [0.1, 0.15) is 5.75 Å². The van der Waals surface area contributed by atoms with Gasteiger partial charge in [0, 0.05) is 10.5 Å². The Kier molecular flexibility index (Phi) is 5.62. The van der Waals surface area contributed by atoms with Gasteiger partial charge < -0.3 is 10.1 Å². The Morgan fingerprint density at radius 2 is 1.70 bits per heavy atom. The molecular weight excluding hydrogens is 314 g/mol. The molecule has 0 saturated heterocycles. The summed E-state index contributed by atoms with van der Waals surface area (Å²) in [6.07, 6.45) is 1.99. The predicted octanol–water partition coefficient (Wildman–Crippen LogP) is 3.83. The first-order valence-electron chi connectivity index (χ1n) is 6.76. The van der Waals surface area contributed by atoms with Crippen molar-refractivity contribution in [1.82, 2.24) is 5.32 Å². The van der Waals surface area contributed by atoms with Crippen LogP contribution in [0.1, 0.15) is 11.1 Å². The maximum absolute atomic E-state index is 5.28. The van der Waals surface area contributed by atoms with Crippen LogP contribution in [0.25, 0.3) is 0 Å². The molecule has 1 atom stereocenters. The van der Waals surface area contributed by atoms with Crippen LogP contribution in [0.15, 0.2) is 53.0 Å². The van der Waals surface area contributed by atoms with Crippen LogP contribution < -0.4 is 10.1 Å². The fraction of sp³-hybridized carbons (Fsp3) is 0.294. The summed E-state index contributed by atoms with van der Waals surface area (Å²) in [5, 5.41) is 3.40. The van der Waals surface area contributed by atoms with E-state index in [9.17, 15) is 0 Å². The summed E-state index contributed by atoms with van der Waals surface area (Å²) < 4.78 is 6.41. The fourth-order valence-corrected chi connectivity index (χ4v) is 2.76. The molecule has 0 fully saturated rings. The lowest BCUT2D eigenvalue weighted by Gasteiger charge is -2.17. The summed E-state index contributed by atoms with van der Waals surface area (Å²) in [6.45, 7) is 0. The molecule has 0 aromatic heterocycles. The fourth-order valence-electron chi connectivity index (χ4n) is 2.31. The van der Waals surface area contributed by atoms with Crippen LogP contribution >= 0.6 is 15.9 Å². The van der Waals surface area contributed by atoms with Gasteiger partial charge >= 0.3 is 0 Å². The van der Waals surface area contributed by atoms with Gasteiger partial charge in [-0.05, 0) is 55.3 Å². The van der Waals surface area contributed by atoms with E-state index < -0.39 is 0 Å². The molecular formula is C17H20BrNO. The van der Waals surface area contributed by atoms with Crippen molar-refractivity contribution in [2.75, 3.05) is 14.2 Å². The molecule has 0 saturated carbocycles. The number of hydrogen-bond donors (Lipinski definition) is 1. The maximum atomic E-state index is 5.28. The maximum Gasteiger partial charge on any atom is 0.119 e. The van der Waals surface area contributed by atoms with Gasteiger partial charge in [-0.25, -0.2) is 0 Å². The van der Waals surface area contributed by atoms with Gasteiger partial charge in [-0.3, -0.25) is 0 Å². The SMILES string of the molecule is CNC(Cc1cccc(Br)c1)Cc1cccc(OC)c1. The number of hydrogen-bond acceptors (Lipinski definition) is 2. The molecule has 2 aromatic rings. The Bertz CT molecular complexity index is 556. The van der Waals surface area contributed by atoms with E-state index in [1.165, 1.54) is 11.1 Å². The van der Waals surface area contributed by atoms with Gasteiger partial charge in [0.15, 0.2) is 0 Å². The van der Waals surface area contributed by atoms with Crippen molar-refractivity contribution in [2.45, 2.75) is 18.9 Å². The summed E-state index contributed by atoms with van der Waals surface area (Å²) >= 11 is 3.52. The Labute approximate surface area is 129 Å². The summed E-state index contributed by atoms with van der Waals surface area (Å²) in [5.74, 6) is 0.916. The monoisotopic (exact) mass is 333 g/mol. The topological polar surface area (TPSA) is 21.3 Å². The molecule has 2 nitrogen and oxygen atoms in total. The standard InChI is InChI=1S/C17H20BrNO/c1-19-16(10-13-5-3-7-15(18)9-13)11-14-6-4-8-17(12-14)20-2/h3-9,12,16,19H,10-11H2,1-2H3. The molecule has 0 aliphatic carbocycles. The summed E-state index contributed by atoms with van der Waals surface area (Å²) in [4.78, 5) is 0. The largest absolute Gasteiger partial charge is 0.497 e. The normalized spacial score (nSPS) is 12.2. The van der Waals surface area contributed by atoms with Crippen LogP contribution in [-0.4, -0.2) is 20.2 Å². The Hall–Kier alpha value is -1.32. The molecule has 0 bridgehead atoms. The number of halogens is 1. The molecule has 0 aliphatic heterocycles. The highest BCUT2D eigenvalue weighted by atomic mass is 79.9. The van der Waals surface area contributed by atoms with Crippen LogP contribution in [0.2, 0.25) is 0 Å². The smallest absolute Gasteiger partial charge is 0.119 e. The number of rotatable bonds is 6. The van der Waals surface area contributed by atoms with Crippen molar-refractivity contribution in [3.05, 3.63) is 64.1 Å². The quantitative estimate of drug-likeness (QED) is 0.867. The minimum Gasteiger partial charge on any atom is -0.497 e. The van der Waals surface area contributed by atoms with E-state index in [1.54, 1.807) is 7.11 Å². The lowest BCUT2D eigenvalue weighted by Crippen LogP contribution is -2.29. The minimum atomic E-state index is 0.413. The number of ether oxygens (including phenoxy) is 1. The van der Waals surface area contributed by atoms with Crippen molar-refractivity contribution in [1.29, 1.82) is 0 Å². The zero-order valence-electron chi connectivity index (χ0n) is 11.9. The van der Waals surface area contributed by atoms with Crippen LogP contribution in [0.3, 0.4) is 0 Å². The van der Waals surface area contributed by atoms with E-state index >= 15 is 0 Å². The number of nitrogens with one attached hydrogen (secondary N) is 1. The van der Waals surface area contributed by atoms with E-state index in [4.69, 9.17) is 4.74 Å². The van der Waals surface area contributed by atoms with Gasteiger partial charge in [0.2, 0.25) is 0 Å². The summed E-state index contributed by atoms with van der Waals surface area (Å²) in [6, 6.07) is 17.2. The predicted molar refractivity (Wildman–Crippen MR) is 87.4 cm³/mol. The highest BCUT2D eigenvalue weighted by molar-refractivity contribution is 9.10. The van der Waals surface area contributed by atoms with Crippen LogP contribution in [0, 0.1) is 0 Å². The number of likely N-dealkylation sites (N-methyl/N-ethyl adjacent to an activating group) is 1. The van der Waals surface area contributed by atoms with Crippen LogP contribution in [0.4, 0.5) is 0 Å². The van der Waals surface area contributed by atoms with E-state index in [2.05, 4.69) is 57.6 Å². The third-order valence-corrected chi connectivity index (χ3v) is 3.89. The minimum absolute atomic E-state index is 0.413. The van der Waals surface area contributed by atoms with Crippen molar-refractivity contribution < 1.29 is 4.74 Å². The average Bonchev–Trinajstić information content (AvgIpc) is 2.47. The number of benzene rings is 2. The third kappa shape index (κ3) is 4.36. The molecule has 0 spiro atoms. The highest BCUT2D eigenvalue weighted by Gasteiger charge is 2.09. The van der Waals surface area contributed by atoms with E-state index in [0.29, 0.717) is 6.04 Å². The van der Waals surface area contributed by atoms with E-state index in [1.807, 2.05) is 19.2 Å². The second kappa shape index (κ2) is 7.46. The summed E-state index contributed by atoms with van der Waals surface area (Å²) in [5.41, 5.74) is 2.63. The molecule has 1 unspecified atom stereocenters. The van der Waals surface area contributed by atoms with Crippen LogP contribution in [-0.2, 0) is 12.8 Å².